The van der Waals surface area contributed by atoms with Gasteiger partial charge in [-0.3, -0.25) is 0 Å². The molecule has 0 saturated carbocycles. The molecule has 0 aliphatic carbocycles. The molecule has 3 rings (SSSR count). The maximum absolute atomic E-state index is 12.6. The van der Waals surface area contributed by atoms with Crippen LogP contribution in [0.3, 0.4) is 0 Å². The summed E-state index contributed by atoms with van der Waals surface area (Å²) < 4.78 is 38.7. The Morgan fingerprint density at radius 2 is 1.55 bits per heavy atom. The summed E-state index contributed by atoms with van der Waals surface area (Å²) in [7, 11) is -2.20. The number of aryl methyl sites for hydroxylation is 1. The maximum Gasteiger partial charge on any atom is 0.336 e. The molecule has 0 unspecified atom stereocenters. The normalized spacial score (nSPS) is 11.2. The van der Waals surface area contributed by atoms with Crippen molar-refractivity contribution in [2.24, 2.45) is 0 Å². The number of carbonyl (C=O) groups is 1. The first-order valence-corrected chi connectivity index (χ1v) is 12.6. The van der Waals surface area contributed by atoms with Gasteiger partial charge in [0, 0.05) is 17.2 Å². The highest BCUT2D eigenvalue weighted by molar-refractivity contribution is 7.99. The first kappa shape index (κ1) is 24.6. The number of aromatic carboxylic acids is 1. The molecule has 0 radical (unpaired) electrons. The van der Waals surface area contributed by atoms with E-state index < -0.39 is 16.0 Å². The van der Waals surface area contributed by atoms with Crippen molar-refractivity contribution in [1.29, 1.82) is 0 Å². The van der Waals surface area contributed by atoms with E-state index in [-0.39, 0.29) is 17.0 Å². The van der Waals surface area contributed by atoms with Crippen LogP contribution in [0, 0.1) is 13.8 Å². The number of hydrogen-bond donors (Lipinski definition) is 2. The molecule has 3 aromatic rings. The van der Waals surface area contributed by atoms with Crippen molar-refractivity contribution in [2.45, 2.75) is 23.6 Å². The molecular weight excluding hydrogens is 462 g/mol. The summed E-state index contributed by atoms with van der Waals surface area (Å²) >= 11 is 1.50. The lowest BCUT2D eigenvalue weighted by molar-refractivity contribution is 0.0695. The Labute approximate surface area is 197 Å². The minimum absolute atomic E-state index is 0.0123. The Bertz CT molecular complexity index is 1220. The van der Waals surface area contributed by atoms with Gasteiger partial charge in [0.1, 0.15) is 17.2 Å². The molecule has 0 bridgehead atoms. The monoisotopic (exact) mass is 487 g/mol. The van der Waals surface area contributed by atoms with Crippen LogP contribution in [0.5, 0.6) is 17.2 Å². The van der Waals surface area contributed by atoms with E-state index in [4.69, 9.17) is 9.47 Å². The molecule has 0 fully saturated rings. The number of hydrogen-bond acceptors (Lipinski definition) is 6. The van der Waals surface area contributed by atoms with Crippen LogP contribution >= 0.6 is 11.8 Å². The standard InChI is InChI=1S/C24H25NO6S2/c1-16-14-22(15-23(17(16)2)24(26)27)33(28,29)25-12-13-32-21-10-8-20(9-11-21)31-19-6-4-18(30-3)5-7-19/h4-11,14-15,25H,12-13H2,1-3H3,(H,26,27). The molecule has 33 heavy (non-hydrogen) atoms. The zero-order valence-electron chi connectivity index (χ0n) is 18.5. The molecule has 174 valence electrons. The van der Waals surface area contributed by atoms with Crippen molar-refractivity contribution in [1.82, 2.24) is 4.72 Å². The second-order valence-electron chi connectivity index (χ2n) is 7.21. The molecular formula is C24H25NO6S2. The van der Waals surface area contributed by atoms with Gasteiger partial charge in [-0.05, 0) is 85.6 Å². The topological polar surface area (TPSA) is 102 Å². The average molecular weight is 488 g/mol. The molecule has 0 amide bonds. The third-order valence-electron chi connectivity index (χ3n) is 4.96. The first-order valence-electron chi connectivity index (χ1n) is 10.1. The SMILES string of the molecule is COc1ccc(Oc2ccc(SCCNS(=O)(=O)c3cc(C)c(C)c(C(=O)O)c3)cc2)cc1. The fourth-order valence-electron chi connectivity index (χ4n) is 3.02. The molecule has 0 saturated heterocycles. The highest BCUT2D eigenvalue weighted by atomic mass is 32.2. The zero-order chi connectivity index (χ0) is 24.0. The smallest absolute Gasteiger partial charge is 0.336 e. The van der Waals surface area contributed by atoms with Crippen LogP contribution in [0.2, 0.25) is 0 Å². The summed E-state index contributed by atoms with van der Waals surface area (Å²) in [6, 6.07) is 17.5. The van der Waals surface area contributed by atoms with Gasteiger partial charge >= 0.3 is 5.97 Å². The molecule has 9 heteroatoms. The number of carboxylic acid groups (broad SMARTS) is 1. The van der Waals surface area contributed by atoms with Gasteiger partial charge in [0.25, 0.3) is 0 Å². The van der Waals surface area contributed by atoms with Crippen LogP contribution < -0.4 is 14.2 Å². The van der Waals surface area contributed by atoms with E-state index in [0.29, 0.717) is 28.4 Å². The third-order valence-corrected chi connectivity index (χ3v) is 7.42. The number of ether oxygens (including phenoxy) is 2. The summed E-state index contributed by atoms with van der Waals surface area (Å²) in [6.45, 7) is 3.55. The average Bonchev–Trinajstić information content (AvgIpc) is 2.79. The first-order chi connectivity index (χ1) is 15.7. The summed E-state index contributed by atoms with van der Waals surface area (Å²) in [5.74, 6) is 1.50. The number of benzene rings is 3. The van der Waals surface area contributed by atoms with E-state index in [1.807, 2.05) is 48.5 Å². The molecule has 3 aromatic carbocycles. The van der Waals surface area contributed by atoms with Crippen LogP contribution in [-0.4, -0.2) is 38.9 Å². The Balaban J connectivity index is 1.53. The van der Waals surface area contributed by atoms with Crippen molar-refractivity contribution in [3.8, 4) is 17.2 Å². The van der Waals surface area contributed by atoms with Gasteiger partial charge in [0.15, 0.2) is 0 Å². The lowest BCUT2D eigenvalue weighted by Crippen LogP contribution is -2.26. The van der Waals surface area contributed by atoms with Gasteiger partial charge in [0.2, 0.25) is 10.0 Å². The summed E-state index contributed by atoms with van der Waals surface area (Å²) in [4.78, 5) is 12.3. The number of nitrogens with one attached hydrogen (secondary N) is 1. The largest absolute Gasteiger partial charge is 0.497 e. The molecule has 0 atom stereocenters. The van der Waals surface area contributed by atoms with Crippen molar-refractivity contribution >= 4 is 27.8 Å². The van der Waals surface area contributed by atoms with E-state index in [1.165, 1.54) is 23.9 Å². The minimum atomic E-state index is -3.81. The minimum Gasteiger partial charge on any atom is -0.497 e. The molecule has 0 aliphatic heterocycles. The molecule has 0 spiro atoms. The van der Waals surface area contributed by atoms with Gasteiger partial charge in [0.05, 0.1) is 17.6 Å². The number of sulfonamides is 1. The lowest BCUT2D eigenvalue weighted by Gasteiger charge is -2.11. The Morgan fingerprint density at radius 3 is 2.12 bits per heavy atom. The molecule has 2 N–H and O–H groups in total. The number of rotatable bonds is 10. The van der Waals surface area contributed by atoms with E-state index >= 15 is 0 Å². The van der Waals surface area contributed by atoms with Crippen LogP contribution in [-0.2, 0) is 10.0 Å². The molecule has 7 nitrogen and oxygen atoms in total. The van der Waals surface area contributed by atoms with Crippen molar-refractivity contribution in [2.75, 3.05) is 19.4 Å². The van der Waals surface area contributed by atoms with Gasteiger partial charge in [-0.25, -0.2) is 17.9 Å². The van der Waals surface area contributed by atoms with E-state index in [9.17, 15) is 18.3 Å². The van der Waals surface area contributed by atoms with E-state index in [1.54, 1.807) is 21.0 Å². The van der Waals surface area contributed by atoms with Gasteiger partial charge < -0.3 is 14.6 Å². The quantitative estimate of drug-likeness (QED) is 0.311. The van der Waals surface area contributed by atoms with Crippen LogP contribution in [0.25, 0.3) is 0 Å². The fourth-order valence-corrected chi connectivity index (χ4v) is 5.06. The number of methoxy groups -OCH3 is 1. The Hall–Kier alpha value is -3.01. The summed E-state index contributed by atoms with van der Waals surface area (Å²) in [5, 5.41) is 9.31. The maximum atomic E-state index is 12.6. The van der Waals surface area contributed by atoms with Gasteiger partial charge in [-0.2, -0.15) is 0 Å². The van der Waals surface area contributed by atoms with E-state index in [0.717, 1.165) is 10.6 Å². The third kappa shape index (κ3) is 6.50. The second kappa shape index (κ2) is 10.7. The highest BCUT2D eigenvalue weighted by Gasteiger charge is 2.19. The number of carboxylic acids is 1. The molecule has 0 heterocycles. The number of thioether (sulfide) groups is 1. The second-order valence-corrected chi connectivity index (χ2v) is 10.1. The highest BCUT2D eigenvalue weighted by Crippen LogP contribution is 2.26. The predicted molar refractivity (Wildman–Crippen MR) is 128 cm³/mol. The van der Waals surface area contributed by atoms with Crippen molar-refractivity contribution in [3.63, 3.8) is 0 Å². The summed E-state index contributed by atoms with van der Waals surface area (Å²) in [5.41, 5.74) is 1.15. The van der Waals surface area contributed by atoms with Crippen LogP contribution in [0.15, 0.2) is 70.5 Å². The molecule has 0 aliphatic rings. The van der Waals surface area contributed by atoms with E-state index in [2.05, 4.69) is 4.72 Å². The predicted octanol–water partition coefficient (Wildman–Crippen LogP) is 4.87. The fraction of sp³-hybridized carbons (Fsp3) is 0.208. The van der Waals surface area contributed by atoms with Crippen molar-refractivity contribution < 1.29 is 27.8 Å². The van der Waals surface area contributed by atoms with Crippen molar-refractivity contribution in [3.05, 3.63) is 77.4 Å². The van der Waals surface area contributed by atoms with Gasteiger partial charge in [-0.15, -0.1) is 11.8 Å². The molecule has 0 aromatic heterocycles. The Kier molecular flexibility index (Phi) is 8.01. The van der Waals surface area contributed by atoms with Crippen LogP contribution in [0.1, 0.15) is 21.5 Å². The Morgan fingerprint density at radius 1 is 0.970 bits per heavy atom. The van der Waals surface area contributed by atoms with Crippen LogP contribution in [0.4, 0.5) is 0 Å². The zero-order valence-corrected chi connectivity index (χ0v) is 20.1. The lowest BCUT2D eigenvalue weighted by atomic mass is 10.0. The summed E-state index contributed by atoms with van der Waals surface area (Å²) in [6.07, 6.45) is 0. The van der Waals surface area contributed by atoms with Gasteiger partial charge in [-0.1, -0.05) is 0 Å².